The molecule has 3 rings (SSSR count). The smallest absolute Gasteiger partial charge is 0.130 e. The number of aliphatic hydroxyl groups is 1. The molecule has 2 aromatic carbocycles. The third kappa shape index (κ3) is 2.09. The number of aliphatic hydroxyl groups excluding tert-OH is 1. The molecule has 0 bridgehead atoms. The summed E-state index contributed by atoms with van der Waals surface area (Å²) in [5.74, 6) is 0.130. The number of ether oxygens (including phenoxy) is 1. The van der Waals surface area contributed by atoms with Crippen molar-refractivity contribution < 1.29 is 14.2 Å². The molecule has 1 N–H and O–H groups in total. The zero-order valence-corrected chi connectivity index (χ0v) is 10.8. The van der Waals surface area contributed by atoms with Crippen molar-refractivity contribution in [3.05, 3.63) is 63.9 Å². The summed E-state index contributed by atoms with van der Waals surface area (Å²) in [5, 5.41) is 10.6. The van der Waals surface area contributed by atoms with E-state index >= 15 is 0 Å². The van der Waals surface area contributed by atoms with Gasteiger partial charge in [-0.2, -0.15) is 0 Å². The first kappa shape index (κ1) is 12.5. The van der Waals surface area contributed by atoms with E-state index in [0.29, 0.717) is 17.9 Å². The summed E-state index contributed by atoms with van der Waals surface area (Å²) in [6.07, 6.45) is -0.317. The number of rotatable bonds is 2. The minimum atomic E-state index is -1.12. The summed E-state index contributed by atoms with van der Waals surface area (Å²) < 4.78 is 19.4. The van der Waals surface area contributed by atoms with Gasteiger partial charge in [-0.15, -0.1) is 0 Å². The van der Waals surface area contributed by atoms with Crippen LogP contribution in [0.5, 0.6) is 5.75 Å². The van der Waals surface area contributed by atoms with E-state index in [0.717, 1.165) is 12.0 Å². The zero-order valence-electron chi connectivity index (χ0n) is 10.1. The molecule has 19 heavy (non-hydrogen) atoms. The summed E-state index contributed by atoms with van der Waals surface area (Å²) in [4.78, 5) is 0. The zero-order chi connectivity index (χ0) is 13.4. The molecular weight excluding hydrogens is 267 g/mol. The highest BCUT2D eigenvalue weighted by molar-refractivity contribution is 6.31. The van der Waals surface area contributed by atoms with Gasteiger partial charge in [0.15, 0.2) is 0 Å². The van der Waals surface area contributed by atoms with E-state index in [1.54, 1.807) is 12.1 Å². The van der Waals surface area contributed by atoms with Crippen molar-refractivity contribution in [1.82, 2.24) is 0 Å². The van der Waals surface area contributed by atoms with Crippen LogP contribution >= 0.6 is 11.6 Å². The Labute approximate surface area is 115 Å². The lowest BCUT2D eigenvalue weighted by atomic mass is 9.98. The summed E-state index contributed by atoms with van der Waals surface area (Å²) in [6, 6.07) is 9.88. The van der Waals surface area contributed by atoms with Gasteiger partial charge in [-0.05, 0) is 17.7 Å². The van der Waals surface area contributed by atoms with Gasteiger partial charge in [-0.1, -0.05) is 35.9 Å². The quantitative estimate of drug-likeness (QED) is 0.911. The normalized spacial score (nSPS) is 14.9. The fourth-order valence-electron chi connectivity index (χ4n) is 2.38. The minimum absolute atomic E-state index is 0.0908. The Hall–Kier alpha value is -1.58. The molecule has 0 aliphatic carbocycles. The van der Waals surface area contributed by atoms with Crippen molar-refractivity contribution in [1.29, 1.82) is 0 Å². The highest BCUT2D eigenvalue weighted by Gasteiger charge is 2.25. The topological polar surface area (TPSA) is 29.5 Å². The SMILES string of the molecule is OC(c1cccc2c1OCC2)c1c(F)cccc1Cl. The summed E-state index contributed by atoms with van der Waals surface area (Å²) >= 11 is 5.98. The van der Waals surface area contributed by atoms with Crippen molar-refractivity contribution >= 4 is 11.6 Å². The second kappa shape index (κ2) is 4.83. The van der Waals surface area contributed by atoms with Crippen molar-refractivity contribution in [2.45, 2.75) is 12.5 Å². The van der Waals surface area contributed by atoms with Gasteiger partial charge in [-0.25, -0.2) is 4.39 Å². The molecule has 0 saturated carbocycles. The van der Waals surface area contributed by atoms with Gasteiger partial charge in [0.05, 0.1) is 6.61 Å². The second-order valence-corrected chi connectivity index (χ2v) is 4.88. The Bertz CT molecular complexity index is 607. The Morgan fingerprint density at radius 3 is 2.79 bits per heavy atom. The van der Waals surface area contributed by atoms with Gasteiger partial charge in [0.25, 0.3) is 0 Å². The molecule has 0 amide bonds. The predicted octanol–water partition coefficient (Wildman–Crippen LogP) is 3.50. The van der Waals surface area contributed by atoms with Crippen LogP contribution in [0.1, 0.15) is 22.8 Å². The highest BCUT2D eigenvalue weighted by atomic mass is 35.5. The van der Waals surface area contributed by atoms with Crippen molar-refractivity contribution in [2.75, 3.05) is 6.61 Å². The van der Waals surface area contributed by atoms with Gasteiger partial charge < -0.3 is 9.84 Å². The monoisotopic (exact) mass is 278 g/mol. The van der Waals surface area contributed by atoms with Crippen LogP contribution in [0.4, 0.5) is 4.39 Å². The molecule has 1 atom stereocenters. The largest absolute Gasteiger partial charge is 0.493 e. The van der Waals surface area contributed by atoms with Gasteiger partial charge in [0.1, 0.15) is 17.7 Å². The van der Waals surface area contributed by atoms with E-state index in [4.69, 9.17) is 16.3 Å². The summed E-state index contributed by atoms with van der Waals surface area (Å²) in [5.41, 5.74) is 1.68. The van der Waals surface area contributed by atoms with Crippen molar-refractivity contribution in [3.63, 3.8) is 0 Å². The molecule has 2 aromatic rings. The van der Waals surface area contributed by atoms with Crippen molar-refractivity contribution in [2.24, 2.45) is 0 Å². The van der Waals surface area contributed by atoms with E-state index < -0.39 is 11.9 Å². The molecule has 4 heteroatoms. The Morgan fingerprint density at radius 2 is 2.00 bits per heavy atom. The maximum atomic E-state index is 13.9. The molecule has 1 heterocycles. The molecule has 0 fully saturated rings. The van der Waals surface area contributed by atoms with E-state index in [-0.39, 0.29) is 10.6 Å². The van der Waals surface area contributed by atoms with Gasteiger partial charge in [0, 0.05) is 22.6 Å². The Kier molecular flexibility index (Phi) is 3.17. The molecule has 0 aromatic heterocycles. The van der Waals surface area contributed by atoms with Gasteiger partial charge >= 0.3 is 0 Å². The van der Waals surface area contributed by atoms with Crippen LogP contribution in [0.25, 0.3) is 0 Å². The minimum Gasteiger partial charge on any atom is -0.493 e. The van der Waals surface area contributed by atoms with Crippen molar-refractivity contribution in [3.8, 4) is 5.75 Å². The Balaban J connectivity index is 2.10. The maximum Gasteiger partial charge on any atom is 0.130 e. The Morgan fingerprint density at radius 1 is 1.21 bits per heavy atom. The fraction of sp³-hybridized carbons (Fsp3) is 0.200. The molecular formula is C15H12ClFO2. The van der Waals surface area contributed by atoms with Crippen LogP contribution < -0.4 is 4.74 Å². The van der Waals surface area contributed by atoms with Gasteiger partial charge in [0.2, 0.25) is 0 Å². The van der Waals surface area contributed by atoms with Crippen LogP contribution in [0.15, 0.2) is 36.4 Å². The maximum absolute atomic E-state index is 13.9. The predicted molar refractivity (Wildman–Crippen MR) is 71.1 cm³/mol. The van der Waals surface area contributed by atoms with Crippen LogP contribution in [0.3, 0.4) is 0 Å². The van der Waals surface area contributed by atoms with E-state index in [9.17, 15) is 9.50 Å². The van der Waals surface area contributed by atoms with E-state index in [1.165, 1.54) is 12.1 Å². The molecule has 98 valence electrons. The molecule has 2 nitrogen and oxygen atoms in total. The highest BCUT2D eigenvalue weighted by Crippen LogP contribution is 2.38. The number of hydrogen-bond acceptors (Lipinski definition) is 2. The summed E-state index contributed by atoms with van der Waals surface area (Å²) in [6.45, 7) is 0.587. The lowest BCUT2D eigenvalue weighted by Crippen LogP contribution is -2.05. The standard InChI is InChI=1S/C15H12ClFO2/c16-11-5-2-6-12(17)13(11)14(18)10-4-1-3-9-7-8-19-15(9)10/h1-6,14,18H,7-8H2. The molecule has 1 aliphatic rings. The number of para-hydroxylation sites is 1. The molecule has 1 aliphatic heterocycles. The third-order valence-electron chi connectivity index (χ3n) is 3.31. The van der Waals surface area contributed by atoms with Crippen LogP contribution in [-0.2, 0) is 6.42 Å². The van der Waals surface area contributed by atoms with Crippen LogP contribution in [-0.4, -0.2) is 11.7 Å². The van der Waals surface area contributed by atoms with Gasteiger partial charge in [-0.3, -0.25) is 0 Å². The average molecular weight is 279 g/mol. The fourth-order valence-corrected chi connectivity index (χ4v) is 2.65. The molecule has 0 saturated heterocycles. The lowest BCUT2D eigenvalue weighted by molar-refractivity contribution is 0.209. The van der Waals surface area contributed by atoms with Crippen LogP contribution in [0.2, 0.25) is 5.02 Å². The lowest BCUT2D eigenvalue weighted by Gasteiger charge is -2.16. The third-order valence-corrected chi connectivity index (χ3v) is 3.64. The van der Waals surface area contributed by atoms with E-state index in [2.05, 4.69) is 0 Å². The number of benzene rings is 2. The average Bonchev–Trinajstić information content (AvgIpc) is 2.86. The first-order valence-electron chi connectivity index (χ1n) is 6.05. The number of hydrogen-bond donors (Lipinski definition) is 1. The second-order valence-electron chi connectivity index (χ2n) is 4.47. The molecule has 0 radical (unpaired) electrons. The number of fused-ring (bicyclic) bond motifs is 1. The van der Waals surface area contributed by atoms with E-state index in [1.807, 2.05) is 12.1 Å². The first-order chi connectivity index (χ1) is 9.18. The molecule has 0 spiro atoms. The molecule has 1 unspecified atom stereocenters. The first-order valence-corrected chi connectivity index (χ1v) is 6.43. The number of halogens is 2. The van der Waals surface area contributed by atoms with Crippen LogP contribution in [0, 0.1) is 5.82 Å². The summed E-state index contributed by atoms with van der Waals surface area (Å²) in [7, 11) is 0.